The van der Waals surface area contributed by atoms with Crippen molar-refractivity contribution >= 4 is 28.7 Å². The highest BCUT2D eigenvalue weighted by Crippen LogP contribution is 2.32. The van der Waals surface area contributed by atoms with Crippen LogP contribution in [0.15, 0.2) is 48.5 Å². The molecule has 0 aliphatic carbocycles. The van der Waals surface area contributed by atoms with Crippen LogP contribution in [0.3, 0.4) is 0 Å². The number of aryl methyl sites for hydroxylation is 1. The quantitative estimate of drug-likeness (QED) is 0.777. The first-order chi connectivity index (χ1) is 9.86. The lowest BCUT2D eigenvalue weighted by Gasteiger charge is -2.15. The molecule has 0 heterocycles. The molecule has 2 N–H and O–H groups in total. The molecule has 2 nitrogen and oxygen atoms in total. The SMILES string of the molecule is Cc1ccc(C(F)(F)F)cc1NC(=S)Nc1ccccc1. The summed E-state index contributed by atoms with van der Waals surface area (Å²) in [6.07, 6.45) is -4.38. The van der Waals surface area contributed by atoms with Crippen molar-refractivity contribution in [2.75, 3.05) is 10.6 Å². The second-order valence-corrected chi connectivity index (χ2v) is 4.88. The van der Waals surface area contributed by atoms with Crippen LogP contribution in [0.5, 0.6) is 0 Å². The van der Waals surface area contributed by atoms with E-state index >= 15 is 0 Å². The predicted octanol–water partition coefficient (Wildman–Crippen LogP) is 4.82. The number of thiocarbonyl (C=S) groups is 1. The average Bonchev–Trinajstić information content (AvgIpc) is 2.41. The molecule has 0 saturated heterocycles. The van der Waals surface area contributed by atoms with Gasteiger partial charge in [-0.15, -0.1) is 0 Å². The maximum Gasteiger partial charge on any atom is 0.416 e. The second-order valence-electron chi connectivity index (χ2n) is 4.47. The molecule has 0 unspecified atom stereocenters. The van der Waals surface area contributed by atoms with Crippen molar-refractivity contribution < 1.29 is 13.2 Å². The minimum absolute atomic E-state index is 0.239. The third-order valence-electron chi connectivity index (χ3n) is 2.84. The monoisotopic (exact) mass is 310 g/mol. The number of anilines is 2. The van der Waals surface area contributed by atoms with Crippen LogP contribution in [0.25, 0.3) is 0 Å². The molecule has 21 heavy (non-hydrogen) atoms. The number of hydrogen-bond acceptors (Lipinski definition) is 1. The first kappa shape index (κ1) is 15.3. The Hall–Kier alpha value is -2.08. The lowest BCUT2D eigenvalue weighted by atomic mass is 10.1. The minimum Gasteiger partial charge on any atom is -0.332 e. The van der Waals surface area contributed by atoms with E-state index in [-0.39, 0.29) is 5.11 Å². The summed E-state index contributed by atoms with van der Waals surface area (Å²) in [4.78, 5) is 0. The van der Waals surface area contributed by atoms with Gasteiger partial charge in [0, 0.05) is 11.4 Å². The van der Waals surface area contributed by atoms with Gasteiger partial charge in [-0.3, -0.25) is 0 Å². The van der Waals surface area contributed by atoms with Gasteiger partial charge in [0.2, 0.25) is 0 Å². The predicted molar refractivity (Wildman–Crippen MR) is 82.5 cm³/mol. The Kier molecular flexibility index (Phi) is 4.47. The van der Waals surface area contributed by atoms with Crippen molar-refractivity contribution in [2.24, 2.45) is 0 Å². The number of para-hydroxylation sites is 1. The molecular formula is C15H13F3N2S. The molecule has 0 aliphatic heterocycles. The number of alkyl halides is 3. The highest BCUT2D eigenvalue weighted by atomic mass is 32.1. The molecule has 6 heteroatoms. The van der Waals surface area contributed by atoms with Crippen LogP contribution in [-0.4, -0.2) is 5.11 Å². The van der Waals surface area contributed by atoms with E-state index < -0.39 is 11.7 Å². The highest BCUT2D eigenvalue weighted by Gasteiger charge is 2.30. The Morgan fingerprint density at radius 1 is 1.00 bits per heavy atom. The van der Waals surface area contributed by atoms with Gasteiger partial charge in [-0.25, -0.2) is 0 Å². The highest BCUT2D eigenvalue weighted by molar-refractivity contribution is 7.80. The van der Waals surface area contributed by atoms with Crippen LogP contribution < -0.4 is 10.6 Å². The first-order valence-corrected chi connectivity index (χ1v) is 6.58. The Labute approximate surface area is 126 Å². The molecule has 0 bridgehead atoms. The first-order valence-electron chi connectivity index (χ1n) is 6.17. The van der Waals surface area contributed by atoms with E-state index in [9.17, 15) is 13.2 Å². The summed E-state index contributed by atoms with van der Waals surface area (Å²) in [6.45, 7) is 1.72. The Bertz CT molecular complexity index is 639. The molecular weight excluding hydrogens is 297 g/mol. The Morgan fingerprint density at radius 3 is 2.29 bits per heavy atom. The van der Waals surface area contributed by atoms with E-state index in [0.717, 1.165) is 17.8 Å². The molecule has 0 aromatic heterocycles. The Morgan fingerprint density at radius 2 is 1.67 bits per heavy atom. The summed E-state index contributed by atoms with van der Waals surface area (Å²) >= 11 is 5.11. The van der Waals surface area contributed by atoms with Crippen LogP contribution in [0, 0.1) is 6.92 Å². The standard InChI is InChI=1S/C15H13F3N2S/c1-10-7-8-11(15(16,17)18)9-13(10)20-14(21)19-12-5-3-2-4-6-12/h2-9H,1H3,(H2,19,20,21). The lowest BCUT2D eigenvalue weighted by Crippen LogP contribution is -2.20. The van der Waals surface area contributed by atoms with E-state index in [0.29, 0.717) is 11.3 Å². The average molecular weight is 310 g/mol. The molecule has 0 fully saturated rings. The molecule has 0 atom stereocenters. The fourth-order valence-corrected chi connectivity index (χ4v) is 1.97. The van der Waals surface area contributed by atoms with Crippen LogP contribution in [0.1, 0.15) is 11.1 Å². The number of benzene rings is 2. The van der Waals surface area contributed by atoms with Crippen molar-refractivity contribution in [1.29, 1.82) is 0 Å². The van der Waals surface area contributed by atoms with E-state index in [1.54, 1.807) is 6.92 Å². The fourth-order valence-electron chi connectivity index (χ4n) is 1.74. The van der Waals surface area contributed by atoms with Gasteiger partial charge in [0.25, 0.3) is 0 Å². The zero-order chi connectivity index (χ0) is 15.5. The molecule has 2 aromatic carbocycles. The number of nitrogens with one attached hydrogen (secondary N) is 2. The van der Waals surface area contributed by atoms with Gasteiger partial charge < -0.3 is 10.6 Å². The minimum atomic E-state index is -4.38. The van der Waals surface area contributed by atoms with Gasteiger partial charge in [-0.05, 0) is 49.0 Å². The van der Waals surface area contributed by atoms with Gasteiger partial charge in [0.15, 0.2) is 5.11 Å². The summed E-state index contributed by atoms with van der Waals surface area (Å²) in [5, 5.41) is 5.95. The maximum atomic E-state index is 12.7. The van der Waals surface area contributed by atoms with Crippen LogP contribution in [0.2, 0.25) is 0 Å². The number of halogens is 3. The molecule has 0 amide bonds. The summed E-state index contributed by atoms with van der Waals surface area (Å²) in [5.74, 6) is 0. The van der Waals surface area contributed by atoms with E-state index in [2.05, 4.69) is 10.6 Å². The van der Waals surface area contributed by atoms with Gasteiger partial charge in [0.1, 0.15) is 0 Å². The molecule has 0 aliphatic rings. The van der Waals surface area contributed by atoms with Gasteiger partial charge in [-0.2, -0.15) is 13.2 Å². The zero-order valence-electron chi connectivity index (χ0n) is 11.2. The summed E-state index contributed by atoms with van der Waals surface area (Å²) in [5.41, 5.74) is 1.07. The maximum absolute atomic E-state index is 12.7. The lowest BCUT2D eigenvalue weighted by molar-refractivity contribution is -0.137. The molecule has 0 radical (unpaired) electrons. The van der Waals surface area contributed by atoms with Crippen molar-refractivity contribution in [1.82, 2.24) is 0 Å². The van der Waals surface area contributed by atoms with Crippen molar-refractivity contribution in [2.45, 2.75) is 13.1 Å². The van der Waals surface area contributed by atoms with Crippen LogP contribution in [-0.2, 0) is 6.18 Å². The molecule has 2 aromatic rings. The number of hydrogen-bond donors (Lipinski definition) is 2. The summed E-state index contributed by atoms with van der Waals surface area (Å²) < 4.78 is 38.1. The van der Waals surface area contributed by atoms with Crippen LogP contribution >= 0.6 is 12.2 Å². The third kappa shape index (κ3) is 4.19. The second kappa shape index (κ2) is 6.13. The molecule has 110 valence electrons. The van der Waals surface area contributed by atoms with Crippen LogP contribution in [0.4, 0.5) is 24.5 Å². The zero-order valence-corrected chi connectivity index (χ0v) is 12.0. The topological polar surface area (TPSA) is 24.1 Å². The summed E-state index contributed by atoms with van der Waals surface area (Å²) in [6, 6.07) is 12.7. The fraction of sp³-hybridized carbons (Fsp3) is 0.133. The van der Waals surface area contributed by atoms with Gasteiger partial charge in [-0.1, -0.05) is 24.3 Å². The van der Waals surface area contributed by atoms with Crippen molar-refractivity contribution in [3.05, 3.63) is 59.7 Å². The van der Waals surface area contributed by atoms with E-state index in [4.69, 9.17) is 12.2 Å². The normalized spacial score (nSPS) is 11.0. The van der Waals surface area contributed by atoms with E-state index in [1.807, 2.05) is 30.3 Å². The summed E-state index contributed by atoms with van der Waals surface area (Å²) in [7, 11) is 0. The smallest absolute Gasteiger partial charge is 0.332 e. The molecule has 0 spiro atoms. The van der Waals surface area contributed by atoms with Gasteiger partial charge in [0.05, 0.1) is 5.56 Å². The van der Waals surface area contributed by atoms with Crippen molar-refractivity contribution in [3.8, 4) is 0 Å². The Balaban J connectivity index is 2.14. The largest absolute Gasteiger partial charge is 0.416 e. The van der Waals surface area contributed by atoms with E-state index in [1.165, 1.54) is 6.07 Å². The number of rotatable bonds is 2. The van der Waals surface area contributed by atoms with Gasteiger partial charge >= 0.3 is 6.18 Å². The molecule has 0 saturated carbocycles. The third-order valence-corrected chi connectivity index (χ3v) is 3.05. The molecule has 2 rings (SSSR count). The van der Waals surface area contributed by atoms with Crippen molar-refractivity contribution in [3.63, 3.8) is 0 Å².